The van der Waals surface area contributed by atoms with Crippen molar-refractivity contribution in [3.05, 3.63) is 113 Å². The van der Waals surface area contributed by atoms with Gasteiger partial charge in [-0.15, -0.1) is 0 Å². The molecule has 0 saturated heterocycles. The summed E-state index contributed by atoms with van der Waals surface area (Å²) in [5.41, 5.74) is 12.0. The van der Waals surface area contributed by atoms with Crippen LogP contribution in [0.5, 0.6) is 0 Å². The van der Waals surface area contributed by atoms with Crippen LogP contribution in [0.1, 0.15) is 53.5 Å². The number of hydrogen-bond acceptors (Lipinski definition) is 2. The topological polar surface area (TPSA) is 24.1 Å². The lowest BCUT2D eigenvalue weighted by molar-refractivity contribution is -0.0373. The summed E-state index contributed by atoms with van der Waals surface area (Å²) in [6.45, 7) is 8.31. The van der Waals surface area contributed by atoms with Crippen molar-refractivity contribution in [2.45, 2.75) is 44.1 Å². The fraction of sp³-hybridized carbons (Fsp3) is 0.294. The lowest BCUT2D eigenvalue weighted by Crippen LogP contribution is -2.66. The number of likely N-dealkylation sites (N-methyl/N-ethyl adjacent to an activating group) is 1. The standard InChI is InChI=1S/C34H34F2N2/c1-21(38-34-18-23(19-34)20-34)25-6-4-7-26(14-25)30-17-32-28(15-27(30)8-5-13-35)16-31(33(32)22(2)37-3)24-9-11-29(36)12-10-24/h4,6-7,9-12,14-15,17,23,37-38H,1-2,5,8,13,16,18-20H2,3H3. The molecule has 2 nitrogen and oxygen atoms in total. The Balaban J connectivity index is 1.42. The van der Waals surface area contributed by atoms with Crippen LogP contribution in [-0.4, -0.2) is 19.3 Å². The summed E-state index contributed by atoms with van der Waals surface area (Å²) >= 11 is 0. The van der Waals surface area contributed by atoms with Crippen LogP contribution in [0, 0.1) is 11.7 Å². The van der Waals surface area contributed by atoms with Gasteiger partial charge in [-0.2, -0.15) is 0 Å². The molecule has 0 radical (unpaired) electrons. The predicted molar refractivity (Wildman–Crippen MR) is 154 cm³/mol. The molecule has 4 aliphatic rings. The number of alkyl halides is 1. The molecule has 3 aromatic rings. The van der Waals surface area contributed by atoms with Crippen molar-refractivity contribution in [1.82, 2.24) is 10.6 Å². The zero-order valence-corrected chi connectivity index (χ0v) is 22.0. The molecule has 4 heteroatoms. The maximum Gasteiger partial charge on any atom is 0.123 e. The molecule has 194 valence electrons. The Bertz CT molecular complexity index is 1450. The van der Waals surface area contributed by atoms with E-state index in [0.29, 0.717) is 12.8 Å². The SMILES string of the molecule is C=C(NC)C1=C(c2ccc(F)cc2)Cc2cc(CCCF)c(-c3cccc(C(=C)NC45CC(C4)C5)c3)cc21. The van der Waals surface area contributed by atoms with Crippen LogP contribution in [0.2, 0.25) is 0 Å². The van der Waals surface area contributed by atoms with E-state index in [1.807, 2.05) is 19.2 Å². The van der Waals surface area contributed by atoms with Gasteiger partial charge in [0.25, 0.3) is 0 Å². The molecule has 4 aliphatic carbocycles. The van der Waals surface area contributed by atoms with Gasteiger partial charge in [0.1, 0.15) is 5.82 Å². The lowest BCUT2D eigenvalue weighted by Gasteiger charge is -2.62. The van der Waals surface area contributed by atoms with Crippen LogP contribution in [-0.2, 0) is 12.8 Å². The van der Waals surface area contributed by atoms with Gasteiger partial charge in [-0.25, -0.2) is 4.39 Å². The van der Waals surface area contributed by atoms with Gasteiger partial charge in [0.05, 0.1) is 6.67 Å². The zero-order chi connectivity index (χ0) is 26.4. The molecule has 0 aromatic heterocycles. The smallest absolute Gasteiger partial charge is 0.123 e. The van der Waals surface area contributed by atoms with Crippen LogP contribution in [0.25, 0.3) is 28.0 Å². The van der Waals surface area contributed by atoms with Crippen molar-refractivity contribution in [2.75, 3.05) is 13.7 Å². The molecule has 2 N–H and O–H groups in total. The highest BCUT2D eigenvalue weighted by Crippen LogP contribution is 2.57. The van der Waals surface area contributed by atoms with E-state index >= 15 is 0 Å². The van der Waals surface area contributed by atoms with Crippen molar-refractivity contribution in [3.63, 3.8) is 0 Å². The molecular weight excluding hydrogens is 474 g/mol. The summed E-state index contributed by atoms with van der Waals surface area (Å²) in [6, 6.07) is 19.7. The fourth-order valence-electron chi connectivity index (χ4n) is 6.51. The second kappa shape index (κ2) is 9.58. The summed E-state index contributed by atoms with van der Waals surface area (Å²) in [6.07, 6.45) is 5.64. The Morgan fingerprint density at radius 3 is 2.37 bits per heavy atom. The van der Waals surface area contributed by atoms with Crippen LogP contribution in [0.3, 0.4) is 0 Å². The average Bonchev–Trinajstić information content (AvgIpc) is 3.26. The number of rotatable bonds is 10. The van der Waals surface area contributed by atoms with Gasteiger partial charge < -0.3 is 10.6 Å². The second-order valence-corrected chi connectivity index (χ2v) is 11.2. The van der Waals surface area contributed by atoms with E-state index in [2.05, 4.69) is 60.2 Å². The number of nitrogens with one attached hydrogen (secondary N) is 2. The minimum Gasteiger partial charge on any atom is -0.388 e. The molecule has 0 heterocycles. The Morgan fingerprint density at radius 2 is 1.71 bits per heavy atom. The van der Waals surface area contributed by atoms with Gasteiger partial charge >= 0.3 is 0 Å². The molecule has 0 amide bonds. The van der Waals surface area contributed by atoms with Crippen LogP contribution in [0.15, 0.2) is 79.5 Å². The number of hydrogen-bond donors (Lipinski definition) is 2. The molecular formula is C34H34F2N2. The molecule has 3 aromatic carbocycles. The molecule has 0 aliphatic heterocycles. The molecule has 0 spiro atoms. The normalized spacial score (nSPS) is 20.9. The number of halogens is 2. The molecule has 38 heavy (non-hydrogen) atoms. The third kappa shape index (κ3) is 4.26. The Morgan fingerprint density at radius 1 is 0.947 bits per heavy atom. The van der Waals surface area contributed by atoms with E-state index in [9.17, 15) is 8.78 Å². The summed E-state index contributed by atoms with van der Waals surface area (Å²) in [5.74, 6) is 0.653. The first-order valence-electron chi connectivity index (χ1n) is 13.6. The first-order chi connectivity index (χ1) is 18.4. The highest BCUT2D eigenvalue weighted by Gasteiger charge is 2.56. The largest absolute Gasteiger partial charge is 0.388 e. The van der Waals surface area contributed by atoms with Gasteiger partial charge in [0.15, 0.2) is 0 Å². The number of fused-ring (bicyclic) bond motifs is 1. The van der Waals surface area contributed by atoms with Gasteiger partial charge in [0, 0.05) is 29.6 Å². The lowest BCUT2D eigenvalue weighted by atomic mass is 9.50. The van der Waals surface area contributed by atoms with E-state index in [4.69, 9.17) is 0 Å². The monoisotopic (exact) mass is 508 g/mol. The van der Waals surface area contributed by atoms with Crippen molar-refractivity contribution in [2.24, 2.45) is 5.92 Å². The summed E-state index contributed by atoms with van der Waals surface area (Å²) in [5, 5.41) is 6.94. The van der Waals surface area contributed by atoms with E-state index in [-0.39, 0.29) is 18.0 Å². The molecule has 0 atom stereocenters. The van der Waals surface area contributed by atoms with Gasteiger partial charge in [-0.3, -0.25) is 4.39 Å². The average molecular weight is 509 g/mol. The van der Waals surface area contributed by atoms with Crippen LogP contribution >= 0.6 is 0 Å². The maximum atomic E-state index is 13.7. The quantitative estimate of drug-likeness (QED) is 0.293. The summed E-state index contributed by atoms with van der Waals surface area (Å²) < 4.78 is 27.0. The van der Waals surface area contributed by atoms with E-state index in [1.54, 1.807) is 0 Å². The Labute approximate surface area is 224 Å². The summed E-state index contributed by atoms with van der Waals surface area (Å²) in [7, 11) is 1.88. The van der Waals surface area contributed by atoms with Crippen LogP contribution in [0.4, 0.5) is 8.78 Å². The summed E-state index contributed by atoms with van der Waals surface area (Å²) in [4.78, 5) is 0. The van der Waals surface area contributed by atoms with Crippen molar-refractivity contribution in [1.29, 1.82) is 0 Å². The highest BCUT2D eigenvalue weighted by atomic mass is 19.1. The molecule has 3 fully saturated rings. The minimum atomic E-state index is -0.346. The fourth-order valence-corrected chi connectivity index (χ4v) is 6.51. The van der Waals surface area contributed by atoms with Crippen molar-refractivity contribution < 1.29 is 8.78 Å². The highest BCUT2D eigenvalue weighted by molar-refractivity contribution is 6.04. The second-order valence-electron chi connectivity index (χ2n) is 11.2. The molecule has 7 rings (SSSR count). The zero-order valence-electron chi connectivity index (χ0n) is 22.0. The van der Waals surface area contributed by atoms with Gasteiger partial charge in [-0.05, 0) is 113 Å². The third-order valence-corrected chi connectivity index (χ3v) is 8.62. The number of aryl methyl sites for hydroxylation is 1. The van der Waals surface area contributed by atoms with Crippen molar-refractivity contribution >= 4 is 16.8 Å². The molecule has 0 unspecified atom stereocenters. The Kier molecular flexibility index (Phi) is 6.22. The van der Waals surface area contributed by atoms with Crippen LogP contribution < -0.4 is 10.6 Å². The maximum absolute atomic E-state index is 13.7. The van der Waals surface area contributed by atoms with Gasteiger partial charge in [0.2, 0.25) is 0 Å². The first-order valence-corrected chi connectivity index (χ1v) is 13.6. The predicted octanol–water partition coefficient (Wildman–Crippen LogP) is 7.71. The van der Waals surface area contributed by atoms with E-state index in [0.717, 1.165) is 68.3 Å². The van der Waals surface area contributed by atoms with E-state index < -0.39 is 0 Å². The third-order valence-electron chi connectivity index (χ3n) is 8.62. The van der Waals surface area contributed by atoms with Crippen molar-refractivity contribution in [3.8, 4) is 11.1 Å². The van der Waals surface area contributed by atoms with Gasteiger partial charge in [-0.1, -0.05) is 49.6 Å². The first kappa shape index (κ1) is 24.7. The number of benzene rings is 3. The minimum absolute atomic E-state index is 0.250. The Hall–Kier alpha value is -3.66. The number of allylic oxidation sites excluding steroid dienone is 2. The van der Waals surface area contributed by atoms with E-state index in [1.165, 1.54) is 37.0 Å². The molecule has 2 bridgehead atoms. The molecule has 3 saturated carbocycles.